The number of rotatable bonds is 7. The molecule has 0 aliphatic rings. The van der Waals surface area contributed by atoms with Crippen molar-refractivity contribution in [2.24, 2.45) is 11.5 Å². The van der Waals surface area contributed by atoms with Crippen molar-refractivity contribution >= 4 is 17.5 Å². The number of anilines is 1. The Balaban J connectivity index is 2.88. The molecule has 0 aliphatic carbocycles. The quantitative estimate of drug-likeness (QED) is 0.549. The molecule has 0 radical (unpaired) electrons. The highest BCUT2D eigenvalue weighted by Crippen LogP contribution is 2.22. The van der Waals surface area contributed by atoms with Crippen molar-refractivity contribution in [1.29, 1.82) is 0 Å². The Morgan fingerprint density at radius 1 is 1.21 bits per heavy atom. The van der Waals surface area contributed by atoms with Crippen LogP contribution in [0.3, 0.4) is 0 Å². The molecule has 1 aromatic carbocycles. The highest BCUT2D eigenvalue weighted by atomic mass is 16.5. The lowest BCUT2D eigenvalue weighted by molar-refractivity contribution is -0.122. The Labute approximate surface area is 111 Å². The minimum absolute atomic E-state index is 0.0591. The van der Waals surface area contributed by atoms with Crippen LogP contribution in [0.2, 0.25) is 0 Å². The van der Waals surface area contributed by atoms with Gasteiger partial charge in [0.15, 0.2) is 0 Å². The summed E-state index contributed by atoms with van der Waals surface area (Å²) in [6.07, 6.45) is 0. The van der Waals surface area contributed by atoms with Crippen LogP contribution in [-0.2, 0) is 16.1 Å². The standard InChI is InChI=1S/C12H18N4O3/c1-19-10-4-9(13)3-2-8(10)5-16(6-11(14)17)7-12(15)18/h2-4H,5-7,13H2,1H3,(H2,14,17)(H2,15,18). The van der Waals surface area contributed by atoms with E-state index in [1.165, 1.54) is 7.11 Å². The van der Waals surface area contributed by atoms with Gasteiger partial charge in [-0.15, -0.1) is 0 Å². The molecule has 0 aliphatic heterocycles. The minimum atomic E-state index is -0.532. The second kappa shape index (κ2) is 6.60. The molecule has 0 saturated carbocycles. The molecule has 6 N–H and O–H groups in total. The molecule has 104 valence electrons. The zero-order valence-corrected chi connectivity index (χ0v) is 10.8. The maximum absolute atomic E-state index is 11.0. The number of carbonyl (C=O) groups excluding carboxylic acids is 2. The van der Waals surface area contributed by atoms with Crippen LogP contribution in [0.25, 0.3) is 0 Å². The van der Waals surface area contributed by atoms with Gasteiger partial charge in [-0.05, 0) is 6.07 Å². The fourth-order valence-corrected chi connectivity index (χ4v) is 1.74. The van der Waals surface area contributed by atoms with Crippen molar-refractivity contribution in [3.8, 4) is 5.75 Å². The van der Waals surface area contributed by atoms with E-state index in [2.05, 4.69) is 0 Å². The normalized spacial score (nSPS) is 10.4. The Kier molecular flexibility index (Phi) is 5.13. The summed E-state index contributed by atoms with van der Waals surface area (Å²) >= 11 is 0. The van der Waals surface area contributed by atoms with Crippen LogP contribution in [0.4, 0.5) is 5.69 Å². The minimum Gasteiger partial charge on any atom is -0.496 e. The fourth-order valence-electron chi connectivity index (χ4n) is 1.74. The van der Waals surface area contributed by atoms with Crippen molar-refractivity contribution in [3.05, 3.63) is 23.8 Å². The van der Waals surface area contributed by atoms with Gasteiger partial charge in [0.2, 0.25) is 11.8 Å². The first-order valence-electron chi connectivity index (χ1n) is 5.63. The Morgan fingerprint density at radius 3 is 2.26 bits per heavy atom. The number of nitrogens with zero attached hydrogens (tertiary/aromatic N) is 1. The van der Waals surface area contributed by atoms with Crippen LogP contribution in [-0.4, -0.2) is 36.9 Å². The zero-order chi connectivity index (χ0) is 14.4. The number of carbonyl (C=O) groups is 2. The van der Waals surface area contributed by atoms with Crippen molar-refractivity contribution in [1.82, 2.24) is 4.90 Å². The van der Waals surface area contributed by atoms with Crippen LogP contribution >= 0.6 is 0 Å². The molecule has 1 rings (SSSR count). The fraction of sp³-hybridized carbons (Fsp3) is 0.333. The van der Waals surface area contributed by atoms with E-state index in [4.69, 9.17) is 21.9 Å². The Bertz CT molecular complexity index is 460. The number of hydrogen-bond acceptors (Lipinski definition) is 5. The van der Waals surface area contributed by atoms with Gasteiger partial charge in [0.1, 0.15) is 5.75 Å². The summed E-state index contributed by atoms with van der Waals surface area (Å²) in [6.45, 7) is 0.197. The van der Waals surface area contributed by atoms with E-state index in [1.807, 2.05) is 0 Å². The largest absolute Gasteiger partial charge is 0.496 e. The maximum Gasteiger partial charge on any atom is 0.231 e. The van der Waals surface area contributed by atoms with Crippen LogP contribution in [0, 0.1) is 0 Å². The van der Waals surface area contributed by atoms with Crippen molar-refractivity contribution in [3.63, 3.8) is 0 Å². The van der Waals surface area contributed by atoms with Gasteiger partial charge in [0, 0.05) is 23.9 Å². The Morgan fingerprint density at radius 2 is 1.79 bits per heavy atom. The van der Waals surface area contributed by atoms with Crippen LogP contribution in [0.1, 0.15) is 5.56 Å². The lowest BCUT2D eigenvalue weighted by Crippen LogP contribution is -2.39. The van der Waals surface area contributed by atoms with Crippen molar-refractivity contribution < 1.29 is 14.3 Å². The van der Waals surface area contributed by atoms with Gasteiger partial charge in [-0.1, -0.05) is 6.07 Å². The summed E-state index contributed by atoms with van der Waals surface area (Å²) in [4.78, 5) is 23.5. The van der Waals surface area contributed by atoms with Crippen LogP contribution in [0.5, 0.6) is 5.75 Å². The van der Waals surface area contributed by atoms with Crippen molar-refractivity contribution in [2.45, 2.75) is 6.54 Å². The molecule has 1 aromatic rings. The third kappa shape index (κ3) is 4.84. The third-order valence-electron chi connectivity index (χ3n) is 2.46. The molecule has 19 heavy (non-hydrogen) atoms. The molecule has 0 bridgehead atoms. The maximum atomic E-state index is 11.0. The monoisotopic (exact) mass is 266 g/mol. The van der Waals surface area contributed by atoms with Gasteiger partial charge in [0.25, 0.3) is 0 Å². The van der Waals surface area contributed by atoms with Gasteiger partial charge in [-0.25, -0.2) is 0 Å². The van der Waals surface area contributed by atoms with E-state index in [0.717, 1.165) is 5.56 Å². The van der Waals surface area contributed by atoms with E-state index in [1.54, 1.807) is 23.1 Å². The summed E-state index contributed by atoms with van der Waals surface area (Å²) in [5, 5.41) is 0. The number of nitrogen functional groups attached to an aromatic ring is 1. The number of amides is 2. The number of primary amides is 2. The van der Waals surface area contributed by atoms with Crippen molar-refractivity contribution in [2.75, 3.05) is 25.9 Å². The second-order valence-corrected chi connectivity index (χ2v) is 4.15. The molecule has 0 aromatic heterocycles. The predicted molar refractivity (Wildman–Crippen MR) is 71.1 cm³/mol. The molecule has 0 fully saturated rings. The summed E-state index contributed by atoms with van der Waals surface area (Å²) in [6, 6.07) is 5.15. The van der Waals surface area contributed by atoms with E-state index >= 15 is 0 Å². The average molecular weight is 266 g/mol. The SMILES string of the molecule is COc1cc(N)ccc1CN(CC(N)=O)CC(N)=O. The summed E-state index contributed by atoms with van der Waals surface area (Å²) < 4.78 is 5.20. The molecule has 2 amide bonds. The first-order valence-corrected chi connectivity index (χ1v) is 5.63. The predicted octanol–water partition coefficient (Wildman–Crippen LogP) is -0.950. The summed E-state index contributed by atoms with van der Waals surface area (Å²) in [5.74, 6) is -0.481. The van der Waals surface area contributed by atoms with E-state index < -0.39 is 11.8 Å². The van der Waals surface area contributed by atoms with Gasteiger partial charge < -0.3 is 21.9 Å². The molecule has 0 unspecified atom stereocenters. The Hall–Kier alpha value is -2.28. The zero-order valence-electron chi connectivity index (χ0n) is 10.8. The number of ether oxygens (including phenoxy) is 1. The van der Waals surface area contributed by atoms with Gasteiger partial charge in [0.05, 0.1) is 20.2 Å². The lowest BCUT2D eigenvalue weighted by Gasteiger charge is -2.20. The van der Waals surface area contributed by atoms with Gasteiger partial charge in [-0.2, -0.15) is 0 Å². The molecule has 7 heteroatoms. The third-order valence-corrected chi connectivity index (χ3v) is 2.46. The number of hydrogen-bond donors (Lipinski definition) is 3. The van der Waals surface area contributed by atoms with Crippen LogP contribution < -0.4 is 21.9 Å². The first-order chi connectivity index (χ1) is 8.92. The number of methoxy groups -OCH3 is 1. The summed E-state index contributed by atoms with van der Waals surface area (Å²) in [7, 11) is 1.52. The van der Waals surface area contributed by atoms with Gasteiger partial charge in [-0.3, -0.25) is 14.5 Å². The molecule has 7 nitrogen and oxygen atoms in total. The molecular formula is C12H18N4O3. The number of nitrogens with two attached hydrogens (primary N) is 3. The second-order valence-electron chi connectivity index (χ2n) is 4.15. The molecule has 0 saturated heterocycles. The van der Waals surface area contributed by atoms with E-state index in [9.17, 15) is 9.59 Å². The van der Waals surface area contributed by atoms with E-state index in [0.29, 0.717) is 18.0 Å². The first kappa shape index (κ1) is 14.8. The van der Waals surface area contributed by atoms with Crippen LogP contribution in [0.15, 0.2) is 18.2 Å². The smallest absolute Gasteiger partial charge is 0.231 e. The highest BCUT2D eigenvalue weighted by Gasteiger charge is 2.14. The number of benzene rings is 1. The molecular weight excluding hydrogens is 248 g/mol. The average Bonchev–Trinajstić information content (AvgIpc) is 2.29. The lowest BCUT2D eigenvalue weighted by atomic mass is 10.1. The highest BCUT2D eigenvalue weighted by molar-refractivity contribution is 5.79. The summed E-state index contributed by atoms with van der Waals surface area (Å²) in [5.41, 5.74) is 17.3. The molecule has 0 heterocycles. The molecule has 0 spiro atoms. The van der Waals surface area contributed by atoms with E-state index in [-0.39, 0.29) is 13.1 Å². The topological polar surface area (TPSA) is 125 Å². The molecule has 0 atom stereocenters. The van der Waals surface area contributed by atoms with Gasteiger partial charge >= 0.3 is 0 Å².